The van der Waals surface area contributed by atoms with Gasteiger partial charge in [-0.05, 0) is 12.8 Å². The number of carboxylic acids is 1. The van der Waals surface area contributed by atoms with Crippen LogP contribution in [0.2, 0.25) is 0 Å². The summed E-state index contributed by atoms with van der Waals surface area (Å²) in [6.07, 6.45) is 1.47. The van der Waals surface area contributed by atoms with Gasteiger partial charge in [-0.15, -0.1) is 0 Å². The average molecular weight is 288 g/mol. The number of carbonyl (C=O) groups excluding carboxylic acids is 1. The fraction of sp³-hybridized carbons (Fsp3) is 0.857. The van der Waals surface area contributed by atoms with Crippen molar-refractivity contribution in [2.75, 3.05) is 26.7 Å². The van der Waals surface area contributed by atoms with Crippen molar-refractivity contribution in [2.45, 2.75) is 46.1 Å². The number of methoxy groups -OCH3 is 1. The van der Waals surface area contributed by atoms with Crippen LogP contribution >= 0.6 is 0 Å². The van der Waals surface area contributed by atoms with E-state index in [1.807, 2.05) is 6.92 Å². The summed E-state index contributed by atoms with van der Waals surface area (Å²) in [5, 5.41) is 11.5. The summed E-state index contributed by atoms with van der Waals surface area (Å²) in [4.78, 5) is 24.4. The second-order valence-corrected chi connectivity index (χ2v) is 4.86. The predicted molar refractivity (Wildman–Crippen MR) is 77.8 cm³/mol. The van der Waals surface area contributed by atoms with Crippen LogP contribution in [-0.4, -0.2) is 54.9 Å². The molecule has 0 aromatic carbocycles. The van der Waals surface area contributed by atoms with Crippen molar-refractivity contribution in [3.05, 3.63) is 0 Å². The van der Waals surface area contributed by atoms with Gasteiger partial charge in [0.15, 0.2) is 0 Å². The molecule has 0 spiro atoms. The minimum absolute atomic E-state index is 0.116. The quantitative estimate of drug-likeness (QED) is 0.644. The molecular formula is C14H28N2O4. The van der Waals surface area contributed by atoms with Gasteiger partial charge in [0.05, 0.1) is 12.5 Å². The third-order valence-corrected chi connectivity index (χ3v) is 3.52. The normalized spacial score (nSPS) is 12.2. The molecule has 2 N–H and O–H groups in total. The maximum Gasteiger partial charge on any atom is 0.317 e. The Labute approximate surface area is 121 Å². The van der Waals surface area contributed by atoms with Gasteiger partial charge in [0.2, 0.25) is 0 Å². The molecule has 0 aromatic heterocycles. The molecule has 6 nitrogen and oxygen atoms in total. The van der Waals surface area contributed by atoms with E-state index in [2.05, 4.69) is 19.2 Å². The number of amides is 2. The Kier molecular flexibility index (Phi) is 9.80. The summed E-state index contributed by atoms with van der Waals surface area (Å²) in [5.41, 5.74) is 0. The van der Waals surface area contributed by atoms with E-state index in [1.165, 1.54) is 7.11 Å². The lowest BCUT2D eigenvalue weighted by Crippen LogP contribution is -2.45. The molecule has 0 fully saturated rings. The van der Waals surface area contributed by atoms with Crippen molar-refractivity contribution >= 4 is 12.0 Å². The summed E-state index contributed by atoms with van der Waals surface area (Å²) >= 11 is 0. The SMILES string of the molecule is CCC(CC)CN(CC)C(=O)NCC(CC(=O)O)OC. The van der Waals surface area contributed by atoms with Gasteiger partial charge in [-0.2, -0.15) is 0 Å². The smallest absolute Gasteiger partial charge is 0.317 e. The Balaban J connectivity index is 4.29. The van der Waals surface area contributed by atoms with Crippen LogP contribution in [-0.2, 0) is 9.53 Å². The maximum atomic E-state index is 12.1. The zero-order valence-corrected chi connectivity index (χ0v) is 13.0. The van der Waals surface area contributed by atoms with Crippen molar-refractivity contribution in [2.24, 2.45) is 5.92 Å². The highest BCUT2D eigenvalue weighted by Gasteiger charge is 2.18. The van der Waals surface area contributed by atoms with Crippen LogP contribution in [0.3, 0.4) is 0 Å². The highest BCUT2D eigenvalue weighted by molar-refractivity contribution is 5.74. The van der Waals surface area contributed by atoms with E-state index in [4.69, 9.17) is 9.84 Å². The first-order valence-corrected chi connectivity index (χ1v) is 7.25. The van der Waals surface area contributed by atoms with Crippen LogP contribution in [0.5, 0.6) is 0 Å². The van der Waals surface area contributed by atoms with Gasteiger partial charge in [0, 0.05) is 26.7 Å². The molecule has 0 aromatic rings. The molecule has 2 amide bonds. The van der Waals surface area contributed by atoms with Gasteiger partial charge in [0.25, 0.3) is 0 Å². The Hall–Kier alpha value is -1.30. The standard InChI is InChI=1S/C14H28N2O4/c1-5-11(6-2)10-16(7-3)14(19)15-9-12(20-4)8-13(17)18/h11-12H,5-10H2,1-4H3,(H,15,19)(H,17,18). The minimum atomic E-state index is -0.935. The zero-order chi connectivity index (χ0) is 15.5. The number of nitrogens with zero attached hydrogens (tertiary/aromatic N) is 1. The van der Waals surface area contributed by atoms with Crippen molar-refractivity contribution in [1.29, 1.82) is 0 Å². The molecule has 20 heavy (non-hydrogen) atoms. The number of nitrogens with one attached hydrogen (secondary N) is 1. The Morgan fingerprint density at radius 2 is 1.85 bits per heavy atom. The van der Waals surface area contributed by atoms with Crippen LogP contribution < -0.4 is 5.32 Å². The minimum Gasteiger partial charge on any atom is -0.481 e. The number of rotatable bonds is 10. The van der Waals surface area contributed by atoms with Gasteiger partial charge < -0.3 is 20.1 Å². The highest BCUT2D eigenvalue weighted by atomic mass is 16.5. The molecule has 0 bridgehead atoms. The molecule has 0 radical (unpaired) electrons. The largest absolute Gasteiger partial charge is 0.481 e. The Bertz CT molecular complexity index is 293. The number of urea groups is 1. The first-order chi connectivity index (χ1) is 9.48. The molecule has 0 saturated heterocycles. The molecule has 0 saturated carbocycles. The molecule has 1 atom stereocenters. The summed E-state index contributed by atoms with van der Waals surface area (Å²) < 4.78 is 5.03. The molecule has 0 aliphatic rings. The van der Waals surface area contributed by atoms with Gasteiger partial charge in [-0.25, -0.2) is 4.79 Å². The molecular weight excluding hydrogens is 260 g/mol. The Morgan fingerprint density at radius 1 is 1.25 bits per heavy atom. The number of ether oxygens (including phenoxy) is 1. The predicted octanol–water partition coefficient (Wildman–Crippen LogP) is 1.94. The third kappa shape index (κ3) is 7.33. The summed E-state index contributed by atoms with van der Waals surface area (Å²) in [6, 6.07) is -0.160. The number of hydrogen-bond acceptors (Lipinski definition) is 3. The lowest BCUT2D eigenvalue weighted by molar-refractivity contribution is -0.139. The van der Waals surface area contributed by atoms with Crippen LogP contribution in [0.15, 0.2) is 0 Å². The van der Waals surface area contributed by atoms with Crippen LogP contribution in [0.4, 0.5) is 4.79 Å². The molecule has 0 aliphatic heterocycles. The second kappa shape index (κ2) is 10.5. The number of carboxylic acid groups (broad SMARTS) is 1. The molecule has 118 valence electrons. The third-order valence-electron chi connectivity index (χ3n) is 3.52. The number of aliphatic carboxylic acids is 1. The van der Waals surface area contributed by atoms with Gasteiger partial charge >= 0.3 is 12.0 Å². The second-order valence-electron chi connectivity index (χ2n) is 4.86. The van der Waals surface area contributed by atoms with Crippen molar-refractivity contribution in [3.8, 4) is 0 Å². The Morgan fingerprint density at radius 3 is 2.25 bits per heavy atom. The average Bonchev–Trinajstić information content (AvgIpc) is 2.44. The molecule has 1 unspecified atom stereocenters. The molecule has 0 heterocycles. The summed E-state index contributed by atoms with van der Waals surface area (Å²) in [7, 11) is 1.45. The van der Waals surface area contributed by atoms with E-state index in [1.54, 1.807) is 4.90 Å². The molecule has 0 aliphatic carbocycles. The first kappa shape index (κ1) is 18.7. The van der Waals surface area contributed by atoms with Crippen molar-refractivity contribution < 1.29 is 19.4 Å². The lowest BCUT2D eigenvalue weighted by atomic mass is 10.0. The van der Waals surface area contributed by atoms with Crippen LogP contribution in [0.1, 0.15) is 40.0 Å². The fourth-order valence-corrected chi connectivity index (χ4v) is 1.96. The summed E-state index contributed by atoms with van der Waals surface area (Å²) in [5.74, 6) is -0.437. The van der Waals surface area contributed by atoms with E-state index >= 15 is 0 Å². The number of carbonyl (C=O) groups is 2. The first-order valence-electron chi connectivity index (χ1n) is 7.25. The molecule has 0 rings (SSSR count). The van der Waals surface area contributed by atoms with E-state index in [9.17, 15) is 9.59 Å². The highest BCUT2D eigenvalue weighted by Crippen LogP contribution is 2.10. The summed E-state index contributed by atoms with van der Waals surface area (Å²) in [6.45, 7) is 7.75. The zero-order valence-electron chi connectivity index (χ0n) is 13.0. The van der Waals surface area contributed by atoms with Gasteiger partial charge in [-0.1, -0.05) is 26.7 Å². The van der Waals surface area contributed by atoms with Gasteiger partial charge in [0.1, 0.15) is 0 Å². The van der Waals surface area contributed by atoms with Gasteiger partial charge in [-0.3, -0.25) is 4.79 Å². The van der Waals surface area contributed by atoms with E-state index in [0.717, 1.165) is 19.4 Å². The fourth-order valence-electron chi connectivity index (χ4n) is 1.96. The van der Waals surface area contributed by atoms with E-state index < -0.39 is 12.1 Å². The van der Waals surface area contributed by atoms with Crippen molar-refractivity contribution in [3.63, 3.8) is 0 Å². The number of hydrogen-bond donors (Lipinski definition) is 2. The van der Waals surface area contributed by atoms with Crippen LogP contribution in [0, 0.1) is 5.92 Å². The van der Waals surface area contributed by atoms with Crippen molar-refractivity contribution in [1.82, 2.24) is 10.2 Å². The molecule has 6 heteroatoms. The van der Waals surface area contributed by atoms with E-state index in [0.29, 0.717) is 12.5 Å². The lowest BCUT2D eigenvalue weighted by Gasteiger charge is -2.26. The topological polar surface area (TPSA) is 78.9 Å². The monoisotopic (exact) mass is 288 g/mol. The maximum absolute atomic E-state index is 12.1. The van der Waals surface area contributed by atoms with Crippen LogP contribution in [0.25, 0.3) is 0 Å². The van der Waals surface area contributed by atoms with E-state index in [-0.39, 0.29) is 19.0 Å².